The molecule has 2 aromatic rings. The number of carboxylic acids is 1. The van der Waals surface area contributed by atoms with Crippen LogP contribution in [0.15, 0.2) is 54.6 Å². The molecule has 0 aliphatic rings. The third-order valence-corrected chi connectivity index (χ3v) is 3.15. The first kappa shape index (κ1) is 15.1. The zero-order valence-electron chi connectivity index (χ0n) is 11.3. The summed E-state index contributed by atoms with van der Waals surface area (Å²) in [7, 11) is -1.65. The molecule has 4 N–H and O–H groups in total. The second kappa shape index (κ2) is 6.92. The first-order valence-electron chi connectivity index (χ1n) is 6.56. The lowest BCUT2D eigenvalue weighted by Gasteiger charge is -2.18. The number of carboxylic acid groups (broad SMARTS) is 1. The highest BCUT2D eigenvalue weighted by Gasteiger charge is 2.22. The molecule has 0 aliphatic heterocycles. The Kier molecular flexibility index (Phi) is 4.97. The monoisotopic (exact) mass is 285 g/mol. The van der Waals surface area contributed by atoms with Crippen molar-refractivity contribution in [3.63, 3.8) is 0 Å². The number of carbonyl (C=O) groups is 1. The van der Waals surface area contributed by atoms with E-state index in [0.29, 0.717) is 12.1 Å². The van der Waals surface area contributed by atoms with Gasteiger partial charge in [-0.15, -0.1) is 0 Å². The molecule has 6 heteroatoms. The average molecular weight is 285 g/mol. The zero-order chi connectivity index (χ0) is 15.2. The Bertz CT molecular complexity index is 604. The predicted molar refractivity (Wildman–Crippen MR) is 81.5 cm³/mol. The Balaban J connectivity index is 2.19. The lowest BCUT2D eigenvalue weighted by atomic mass is 9.79. The molecule has 2 aromatic carbocycles. The number of hydrogen-bond acceptors (Lipinski definition) is 4. The van der Waals surface area contributed by atoms with Gasteiger partial charge in [-0.05, 0) is 11.6 Å². The summed E-state index contributed by atoms with van der Waals surface area (Å²) in [4.78, 5) is 11.4. The van der Waals surface area contributed by atoms with E-state index in [1.165, 1.54) is 6.07 Å². The number of aliphatic carboxylic acids is 1. The molecule has 0 aliphatic carbocycles. The summed E-state index contributed by atoms with van der Waals surface area (Å²) < 4.78 is 0. The maximum absolute atomic E-state index is 11.4. The minimum absolute atomic E-state index is 0.247. The fourth-order valence-corrected chi connectivity index (χ4v) is 2.09. The third kappa shape index (κ3) is 4.08. The summed E-state index contributed by atoms with van der Waals surface area (Å²) in [5, 5.41) is 30.8. The smallest absolute Gasteiger partial charge is 0.480 e. The van der Waals surface area contributed by atoms with Gasteiger partial charge in [0.05, 0.1) is 0 Å². The second-order valence-corrected chi connectivity index (χ2v) is 4.69. The summed E-state index contributed by atoms with van der Waals surface area (Å²) in [5.74, 6) is -0.999. The van der Waals surface area contributed by atoms with Crippen LogP contribution in [-0.4, -0.2) is 34.3 Å². The van der Waals surface area contributed by atoms with E-state index in [9.17, 15) is 19.9 Å². The lowest BCUT2D eigenvalue weighted by molar-refractivity contribution is -0.137. The van der Waals surface area contributed by atoms with Crippen LogP contribution >= 0.6 is 0 Å². The average Bonchev–Trinajstić information content (AvgIpc) is 2.48. The first-order valence-corrected chi connectivity index (χ1v) is 6.56. The van der Waals surface area contributed by atoms with Crippen molar-refractivity contribution in [2.45, 2.75) is 12.5 Å². The number of rotatable bonds is 6. The van der Waals surface area contributed by atoms with Crippen molar-refractivity contribution in [1.29, 1.82) is 0 Å². The van der Waals surface area contributed by atoms with Gasteiger partial charge < -0.3 is 20.5 Å². The molecule has 0 saturated carbocycles. The van der Waals surface area contributed by atoms with Crippen molar-refractivity contribution in [2.24, 2.45) is 0 Å². The number of para-hydroxylation sites is 1. The van der Waals surface area contributed by atoms with Crippen molar-refractivity contribution in [1.82, 2.24) is 0 Å². The Labute approximate surface area is 123 Å². The van der Waals surface area contributed by atoms with Crippen LogP contribution in [0.5, 0.6) is 0 Å². The lowest BCUT2D eigenvalue weighted by Crippen LogP contribution is -2.38. The highest BCUT2D eigenvalue weighted by atomic mass is 16.4. The molecule has 1 atom stereocenters. The minimum atomic E-state index is -1.65. The molecule has 0 saturated heterocycles. The molecule has 0 spiro atoms. The Morgan fingerprint density at radius 2 is 1.67 bits per heavy atom. The Hall–Kier alpha value is -2.31. The van der Waals surface area contributed by atoms with Gasteiger partial charge in [-0.1, -0.05) is 48.5 Å². The zero-order valence-corrected chi connectivity index (χ0v) is 11.3. The van der Waals surface area contributed by atoms with Crippen LogP contribution in [0.1, 0.15) is 5.56 Å². The number of anilines is 1. The van der Waals surface area contributed by atoms with Gasteiger partial charge in [0.25, 0.3) is 0 Å². The molecule has 5 nitrogen and oxygen atoms in total. The fraction of sp³-hybridized carbons (Fsp3) is 0.133. The van der Waals surface area contributed by atoms with Crippen LogP contribution in [0, 0.1) is 0 Å². The van der Waals surface area contributed by atoms with Gasteiger partial charge in [0.1, 0.15) is 6.04 Å². The summed E-state index contributed by atoms with van der Waals surface area (Å²) in [6.07, 6.45) is 0.298. The molecule has 0 heterocycles. The van der Waals surface area contributed by atoms with E-state index in [1.807, 2.05) is 30.3 Å². The molecule has 1 unspecified atom stereocenters. The fourth-order valence-electron chi connectivity index (χ4n) is 2.09. The topological polar surface area (TPSA) is 89.8 Å². The highest BCUT2D eigenvalue weighted by Crippen LogP contribution is 2.10. The maximum Gasteiger partial charge on any atom is 0.490 e. The van der Waals surface area contributed by atoms with Gasteiger partial charge in [-0.3, -0.25) is 0 Å². The van der Waals surface area contributed by atoms with E-state index in [-0.39, 0.29) is 5.46 Å². The van der Waals surface area contributed by atoms with Gasteiger partial charge in [-0.25, -0.2) is 4.79 Å². The Morgan fingerprint density at radius 1 is 1.05 bits per heavy atom. The summed E-state index contributed by atoms with van der Waals surface area (Å²) in [6, 6.07) is 14.9. The molecule has 108 valence electrons. The van der Waals surface area contributed by atoms with Crippen LogP contribution in [0.3, 0.4) is 0 Å². The van der Waals surface area contributed by atoms with Gasteiger partial charge in [0.15, 0.2) is 0 Å². The molecular formula is C15H16BNO4. The van der Waals surface area contributed by atoms with Crippen molar-refractivity contribution in [3.8, 4) is 0 Å². The van der Waals surface area contributed by atoms with Crippen molar-refractivity contribution in [3.05, 3.63) is 60.2 Å². The normalized spacial score (nSPS) is 11.7. The van der Waals surface area contributed by atoms with E-state index in [4.69, 9.17) is 0 Å². The van der Waals surface area contributed by atoms with Gasteiger partial charge in [0, 0.05) is 17.6 Å². The molecule has 0 radical (unpaired) electrons. The summed E-state index contributed by atoms with van der Waals surface area (Å²) in [5.41, 5.74) is 1.53. The third-order valence-electron chi connectivity index (χ3n) is 3.15. The minimum Gasteiger partial charge on any atom is -0.480 e. The Morgan fingerprint density at radius 3 is 2.29 bits per heavy atom. The molecule has 21 heavy (non-hydrogen) atoms. The highest BCUT2D eigenvalue weighted by molar-refractivity contribution is 6.60. The van der Waals surface area contributed by atoms with Crippen molar-refractivity contribution < 1.29 is 19.9 Å². The van der Waals surface area contributed by atoms with Gasteiger partial charge >= 0.3 is 13.1 Å². The van der Waals surface area contributed by atoms with E-state index in [2.05, 4.69) is 5.32 Å². The SMILES string of the molecule is O=C(O)C(Cc1ccccc1)Nc1ccccc1B(O)O. The summed E-state index contributed by atoms with van der Waals surface area (Å²) in [6.45, 7) is 0. The second-order valence-electron chi connectivity index (χ2n) is 4.69. The quantitative estimate of drug-likeness (QED) is 0.579. The van der Waals surface area contributed by atoms with Crippen molar-refractivity contribution in [2.75, 3.05) is 5.32 Å². The van der Waals surface area contributed by atoms with Crippen LogP contribution in [0.25, 0.3) is 0 Å². The van der Waals surface area contributed by atoms with Gasteiger partial charge in [-0.2, -0.15) is 0 Å². The standard InChI is InChI=1S/C15H16BNO4/c18-15(19)14(10-11-6-2-1-3-7-11)17-13-9-5-4-8-12(13)16(20)21/h1-9,14,17,20-21H,10H2,(H,18,19). The molecule has 0 amide bonds. The van der Waals surface area contributed by atoms with Gasteiger partial charge in [0.2, 0.25) is 0 Å². The van der Waals surface area contributed by atoms with E-state index >= 15 is 0 Å². The maximum atomic E-state index is 11.4. The van der Waals surface area contributed by atoms with Crippen LogP contribution in [0.2, 0.25) is 0 Å². The van der Waals surface area contributed by atoms with Crippen LogP contribution < -0.4 is 10.8 Å². The summed E-state index contributed by atoms with van der Waals surface area (Å²) >= 11 is 0. The molecule has 0 aromatic heterocycles. The molecule has 2 rings (SSSR count). The van der Waals surface area contributed by atoms with E-state index in [1.54, 1.807) is 18.2 Å². The number of hydrogen-bond donors (Lipinski definition) is 4. The number of benzene rings is 2. The van der Waals surface area contributed by atoms with E-state index in [0.717, 1.165) is 5.56 Å². The largest absolute Gasteiger partial charge is 0.490 e. The van der Waals surface area contributed by atoms with Crippen LogP contribution in [-0.2, 0) is 11.2 Å². The predicted octanol–water partition coefficient (Wildman–Crippen LogP) is 0.474. The first-order chi connectivity index (χ1) is 10.1. The van der Waals surface area contributed by atoms with E-state index < -0.39 is 19.1 Å². The number of nitrogens with one attached hydrogen (secondary N) is 1. The molecular weight excluding hydrogens is 269 g/mol. The van der Waals surface area contributed by atoms with Crippen molar-refractivity contribution >= 4 is 24.2 Å². The molecule has 0 fully saturated rings. The van der Waals surface area contributed by atoms with Crippen LogP contribution in [0.4, 0.5) is 5.69 Å². The molecule has 0 bridgehead atoms.